The number of hydrogen-bond donors (Lipinski definition) is 2. The Morgan fingerprint density at radius 3 is 2.63 bits per heavy atom. The van der Waals surface area contributed by atoms with Gasteiger partial charge in [0, 0.05) is 33.6 Å². The Morgan fingerprint density at radius 1 is 1.10 bits per heavy atom. The van der Waals surface area contributed by atoms with Crippen LogP contribution in [0.1, 0.15) is 16.6 Å². The van der Waals surface area contributed by atoms with Crippen LogP contribution < -0.4 is 10.6 Å². The van der Waals surface area contributed by atoms with Gasteiger partial charge in [-0.25, -0.2) is 13.8 Å². The fourth-order valence-corrected chi connectivity index (χ4v) is 4.94. The Labute approximate surface area is 182 Å². The number of amides is 2. The van der Waals surface area contributed by atoms with E-state index in [4.69, 9.17) is 11.6 Å². The van der Waals surface area contributed by atoms with Gasteiger partial charge in [-0.15, -0.1) is 22.7 Å². The zero-order valence-corrected chi connectivity index (χ0v) is 17.6. The molecule has 2 aromatic carbocycles. The summed E-state index contributed by atoms with van der Waals surface area (Å²) in [5, 5.41) is 7.85. The van der Waals surface area contributed by atoms with Crippen molar-refractivity contribution in [2.75, 3.05) is 10.6 Å². The molecule has 4 rings (SSSR count). The van der Waals surface area contributed by atoms with E-state index in [2.05, 4.69) is 15.6 Å². The van der Waals surface area contributed by atoms with Crippen molar-refractivity contribution in [3.05, 3.63) is 63.3 Å². The summed E-state index contributed by atoms with van der Waals surface area (Å²) >= 11 is 8.48. The molecule has 0 aliphatic heterocycles. The number of nitrogens with zero attached hydrogens (tertiary/aromatic N) is 1. The molecule has 0 atom stereocenters. The van der Waals surface area contributed by atoms with E-state index in [1.165, 1.54) is 37.3 Å². The average Bonchev–Trinajstić information content (AvgIpc) is 3.25. The first kappa shape index (κ1) is 20.4. The van der Waals surface area contributed by atoms with Crippen molar-refractivity contribution >= 4 is 67.0 Å². The Kier molecular flexibility index (Phi) is 5.50. The molecule has 0 aliphatic carbocycles. The molecule has 5 nitrogen and oxygen atoms in total. The SMILES string of the molecule is CC(=O)Nc1ccc(-c2csc(NC(=O)c3sc4cc(F)ccc4c3Cl)n2)c(F)c1. The molecule has 0 spiro atoms. The summed E-state index contributed by atoms with van der Waals surface area (Å²) in [6.45, 7) is 1.33. The van der Waals surface area contributed by atoms with Crippen molar-refractivity contribution in [2.24, 2.45) is 0 Å². The van der Waals surface area contributed by atoms with Crippen molar-refractivity contribution in [3.8, 4) is 11.3 Å². The van der Waals surface area contributed by atoms with E-state index in [0.717, 1.165) is 22.7 Å². The molecule has 0 unspecified atom stereocenters. The van der Waals surface area contributed by atoms with Crippen molar-refractivity contribution < 1.29 is 18.4 Å². The van der Waals surface area contributed by atoms with Crippen LogP contribution >= 0.6 is 34.3 Å². The van der Waals surface area contributed by atoms with Crippen molar-refractivity contribution in [3.63, 3.8) is 0 Å². The van der Waals surface area contributed by atoms with Gasteiger partial charge in [-0.1, -0.05) is 11.6 Å². The first-order chi connectivity index (χ1) is 14.3. The summed E-state index contributed by atoms with van der Waals surface area (Å²) < 4.78 is 28.4. The highest BCUT2D eigenvalue weighted by atomic mass is 35.5. The standard InChI is InChI=1S/C20H12ClF2N3O2S2/c1-9(27)24-11-3-5-12(14(23)7-11)15-8-29-20(25-15)26-19(28)18-17(21)13-4-2-10(22)6-16(13)30-18/h2-8H,1H3,(H,24,27)(H,25,26,28). The van der Waals surface area contributed by atoms with Crippen LogP contribution in [0.3, 0.4) is 0 Å². The highest BCUT2D eigenvalue weighted by Crippen LogP contribution is 2.36. The number of halogens is 3. The van der Waals surface area contributed by atoms with Crippen LogP contribution in [-0.4, -0.2) is 16.8 Å². The Hall–Kier alpha value is -2.88. The Bertz CT molecular complexity index is 1300. The van der Waals surface area contributed by atoms with Gasteiger partial charge in [0.1, 0.15) is 16.5 Å². The lowest BCUT2D eigenvalue weighted by atomic mass is 10.1. The number of anilines is 2. The Morgan fingerprint density at radius 2 is 1.90 bits per heavy atom. The number of hydrogen-bond acceptors (Lipinski definition) is 5. The zero-order chi connectivity index (χ0) is 21.4. The predicted octanol–water partition coefficient (Wildman–Crippen LogP) is 6.17. The number of nitrogens with one attached hydrogen (secondary N) is 2. The largest absolute Gasteiger partial charge is 0.326 e. The van der Waals surface area contributed by atoms with E-state index in [-0.39, 0.29) is 26.5 Å². The second kappa shape index (κ2) is 8.10. The predicted molar refractivity (Wildman–Crippen MR) is 117 cm³/mol. The van der Waals surface area contributed by atoms with Crippen LogP contribution in [0.4, 0.5) is 19.6 Å². The number of carbonyl (C=O) groups is 2. The maximum atomic E-state index is 14.4. The lowest BCUT2D eigenvalue weighted by Crippen LogP contribution is -2.10. The summed E-state index contributed by atoms with van der Waals surface area (Å²) in [7, 11) is 0. The molecular formula is C20H12ClF2N3O2S2. The van der Waals surface area contributed by atoms with Gasteiger partial charge in [-0.2, -0.15) is 0 Å². The third kappa shape index (κ3) is 4.04. The number of rotatable bonds is 4. The maximum Gasteiger partial charge on any atom is 0.269 e. The van der Waals surface area contributed by atoms with Crippen LogP contribution in [0.2, 0.25) is 5.02 Å². The highest BCUT2D eigenvalue weighted by Gasteiger charge is 2.19. The van der Waals surface area contributed by atoms with Crippen LogP contribution in [-0.2, 0) is 4.79 Å². The van der Waals surface area contributed by atoms with E-state index in [1.54, 1.807) is 11.4 Å². The highest BCUT2D eigenvalue weighted by molar-refractivity contribution is 7.22. The molecule has 2 N–H and O–H groups in total. The van der Waals surface area contributed by atoms with Gasteiger partial charge in [-0.05, 0) is 36.4 Å². The molecule has 4 aromatic rings. The molecule has 2 heterocycles. The number of thiazole rings is 1. The second-order valence-electron chi connectivity index (χ2n) is 6.25. The topological polar surface area (TPSA) is 71.1 Å². The molecule has 2 aromatic heterocycles. The molecule has 2 amide bonds. The molecule has 0 fully saturated rings. The summed E-state index contributed by atoms with van der Waals surface area (Å²) in [4.78, 5) is 28.2. The van der Waals surface area contributed by atoms with Crippen molar-refractivity contribution in [1.29, 1.82) is 0 Å². The average molecular weight is 464 g/mol. The fraction of sp³-hybridized carbons (Fsp3) is 0.0500. The minimum atomic E-state index is -0.556. The molecule has 0 bridgehead atoms. The molecule has 30 heavy (non-hydrogen) atoms. The number of fused-ring (bicyclic) bond motifs is 1. The smallest absolute Gasteiger partial charge is 0.269 e. The molecule has 0 radical (unpaired) electrons. The van der Waals surface area contributed by atoms with Gasteiger partial charge in [0.15, 0.2) is 5.13 Å². The number of carbonyl (C=O) groups excluding carboxylic acids is 2. The normalized spacial score (nSPS) is 10.9. The van der Waals surface area contributed by atoms with Crippen LogP contribution in [0, 0.1) is 11.6 Å². The fourth-order valence-electron chi connectivity index (χ4n) is 2.80. The van der Waals surface area contributed by atoms with Crippen LogP contribution in [0.15, 0.2) is 41.8 Å². The molecule has 10 heteroatoms. The van der Waals surface area contributed by atoms with Gasteiger partial charge in [-0.3, -0.25) is 14.9 Å². The van der Waals surface area contributed by atoms with E-state index in [0.29, 0.717) is 21.5 Å². The van der Waals surface area contributed by atoms with E-state index in [1.807, 2.05) is 0 Å². The summed E-state index contributed by atoms with van der Waals surface area (Å²) in [6.07, 6.45) is 0. The van der Waals surface area contributed by atoms with Crippen molar-refractivity contribution in [2.45, 2.75) is 6.92 Å². The third-order valence-electron chi connectivity index (χ3n) is 4.09. The van der Waals surface area contributed by atoms with Gasteiger partial charge < -0.3 is 5.32 Å². The summed E-state index contributed by atoms with van der Waals surface area (Å²) in [5.74, 6) is -1.75. The monoisotopic (exact) mass is 463 g/mol. The van der Waals surface area contributed by atoms with Gasteiger partial charge in [0.25, 0.3) is 5.91 Å². The third-order valence-corrected chi connectivity index (χ3v) is 6.50. The van der Waals surface area contributed by atoms with Crippen LogP contribution in [0.5, 0.6) is 0 Å². The van der Waals surface area contributed by atoms with E-state index >= 15 is 0 Å². The quantitative estimate of drug-likeness (QED) is 0.380. The number of thiophene rings is 1. The van der Waals surface area contributed by atoms with Crippen LogP contribution in [0.25, 0.3) is 21.3 Å². The first-order valence-corrected chi connectivity index (χ1v) is 10.6. The first-order valence-electron chi connectivity index (χ1n) is 8.54. The maximum absolute atomic E-state index is 14.4. The van der Waals surface area contributed by atoms with Gasteiger partial charge in [0.05, 0.1) is 10.7 Å². The minimum Gasteiger partial charge on any atom is -0.326 e. The zero-order valence-electron chi connectivity index (χ0n) is 15.3. The molecule has 152 valence electrons. The molecular weight excluding hydrogens is 452 g/mol. The second-order valence-corrected chi connectivity index (χ2v) is 8.54. The number of benzene rings is 2. The summed E-state index contributed by atoms with van der Waals surface area (Å²) in [6, 6.07) is 8.38. The minimum absolute atomic E-state index is 0.233. The lowest BCUT2D eigenvalue weighted by molar-refractivity contribution is -0.114. The molecule has 0 saturated heterocycles. The number of aromatic nitrogens is 1. The van der Waals surface area contributed by atoms with Crippen molar-refractivity contribution in [1.82, 2.24) is 4.98 Å². The molecule has 0 saturated carbocycles. The molecule has 0 aliphatic rings. The van der Waals surface area contributed by atoms with Gasteiger partial charge in [0.2, 0.25) is 5.91 Å². The van der Waals surface area contributed by atoms with E-state index in [9.17, 15) is 18.4 Å². The lowest BCUT2D eigenvalue weighted by Gasteiger charge is -2.05. The Balaban J connectivity index is 1.56. The summed E-state index contributed by atoms with van der Waals surface area (Å²) in [5.41, 5.74) is 0.909. The van der Waals surface area contributed by atoms with E-state index < -0.39 is 17.5 Å². The van der Waals surface area contributed by atoms with Gasteiger partial charge >= 0.3 is 0 Å².